The third kappa shape index (κ3) is 5.78. The van der Waals surface area contributed by atoms with Gasteiger partial charge in [0, 0.05) is 6.42 Å². The maximum absolute atomic E-state index is 11.9. The number of esters is 1. The largest absolute Gasteiger partial charge is 0.489 e. The van der Waals surface area contributed by atoms with Crippen LogP contribution in [-0.2, 0) is 29.2 Å². The predicted octanol–water partition coefficient (Wildman–Crippen LogP) is 4.94. The molecule has 132 valence electrons. The molecule has 3 rings (SSSR count). The molecule has 0 bridgehead atoms. The van der Waals surface area contributed by atoms with Crippen LogP contribution >= 0.6 is 0 Å². The van der Waals surface area contributed by atoms with Crippen molar-refractivity contribution < 1.29 is 14.3 Å². The Morgan fingerprint density at radius 3 is 1.85 bits per heavy atom. The Bertz CT molecular complexity index is 796. The quantitative estimate of drug-likeness (QED) is 0.542. The summed E-state index contributed by atoms with van der Waals surface area (Å²) in [5.41, 5.74) is 3.23. The molecule has 0 heterocycles. The molecular formula is C23H22O3. The molecule has 3 heteroatoms. The minimum Gasteiger partial charge on any atom is -0.489 e. The van der Waals surface area contributed by atoms with Crippen LogP contribution in [0.15, 0.2) is 84.9 Å². The van der Waals surface area contributed by atoms with E-state index in [1.54, 1.807) is 0 Å². The molecule has 0 aromatic heterocycles. The van der Waals surface area contributed by atoms with Crippen molar-refractivity contribution in [2.75, 3.05) is 0 Å². The highest BCUT2D eigenvalue weighted by molar-refractivity contribution is 5.69. The van der Waals surface area contributed by atoms with Gasteiger partial charge in [-0.2, -0.15) is 0 Å². The zero-order valence-electron chi connectivity index (χ0n) is 14.6. The predicted molar refractivity (Wildman–Crippen MR) is 102 cm³/mol. The van der Waals surface area contributed by atoms with Crippen LogP contribution in [0.3, 0.4) is 0 Å². The summed E-state index contributed by atoms with van der Waals surface area (Å²) in [6, 6.07) is 27.6. The molecule has 0 fully saturated rings. The van der Waals surface area contributed by atoms with Crippen molar-refractivity contribution in [3.8, 4) is 5.75 Å². The van der Waals surface area contributed by atoms with Crippen molar-refractivity contribution in [2.24, 2.45) is 0 Å². The van der Waals surface area contributed by atoms with Crippen LogP contribution in [0.4, 0.5) is 0 Å². The molecule has 0 atom stereocenters. The molecule has 0 aliphatic rings. The van der Waals surface area contributed by atoms with E-state index in [2.05, 4.69) is 0 Å². The minimum absolute atomic E-state index is 0.182. The third-order valence-electron chi connectivity index (χ3n) is 4.03. The lowest BCUT2D eigenvalue weighted by atomic mass is 10.1. The first-order valence-corrected chi connectivity index (χ1v) is 8.75. The van der Waals surface area contributed by atoms with E-state index in [0.29, 0.717) is 26.1 Å². The summed E-state index contributed by atoms with van der Waals surface area (Å²) in [5, 5.41) is 0. The van der Waals surface area contributed by atoms with E-state index >= 15 is 0 Å². The number of benzene rings is 3. The molecule has 0 radical (unpaired) electrons. The Labute approximate surface area is 154 Å². The Hall–Kier alpha value is -3.07. The van der Waals surface area contributed by atoms with Gasteiger partial charge in [0.1, 0.15) is 19.0 Å². The van der Waals surface area contributed by atoms with Crippen LogP contribution < -0.4 is 4.74 Å². The molecule has 3 nitrogen and oxygen atoms in total. The van der Waals surface area contributed by atoms with Crippen LogP contribution in [-0.4, -0.2) is 5.97 Å². The van der Waals surface area contributed by atoms with Gasteiger partial charge < -0.3 is 9.47 Å². The normalized spacial score (nSPS) is 10.3. The van der Waals surface area contributed by atoms with Gasteiger partial charge in [0.15, 0.2) is 0 Å². The standard InChI is InChI=1S/C23H22O3/c24-23(26-18-21-9-5-2-6-10-21)16-13-19-11-14-22(15-12-19)25-17-20-7-3-1-4-8-20/h1-12,14-15H,13,16-18H2. The summed E-state index contributed by atoms with van der Waals surface area (Å²) < 4.78 is 11.1. The van der Waals surface area contributed by atoms with Gasteiger partial charge in [-0.3, -0.25) is 4.79 Å². The molecule has 0 saturated carbocycles. The lowest BCUT2D eigenvalue weighted by molar-refractivity contribution is -0.144. The van der Waals surface area contributed by atoms with Crippen molar-refractivity contribution in [3.63, 3.8) is 0 Å². The lowest BCUT2D eigenvalue weighted by Gasteiger charge is -2.08. The molecule has 0 N–H and O–H groups in total. The van der Waals surface area contributed by atoms with Gasteiger partial charge in [-0.25, -0.2) is 0 Å². The Kier molecular flexibility index (Phi) is 6.43. The summed E-state index contributed by atoms with van der Waals surface area (Å²) >= 11 is 0. The average molecular weight is 346 g/mol. The fourth-order valence-corrected chi connectivity index (χ4v) is 2.55. The zero-order valence-corrected chi connectivity index (χ0v) is 14.6. The Morgan fingerprint density at radius 1 is 0.654 bits per heavy atom. The molecule has 3 aromatic rings. The topological polar surface area (TPSA) is 35.5 Å². The number of ether oxygens (including phenoxy) is 2. The van der Waals surface area contributed by atoms with Crippen LogP contribution in [0.1, 0.15) is 23.1 Å². The van der Waals surface area contributed by atoms with Crippen molar-refractivity contribution >= 4 is 5.97 Å². The van der Waals surface area contributed by atoms with Crippen LogP contribution in [0.2, 0.25) is 0 Å². The highest BCUT2D eigenvalue weighted by Crippen LogP contribution is 2.15. The van der Waals surface area contributed by atoms with E-state index in [4.69, 9.17) is 9.47 Å². The maximum Gasteiger partial charge on any atom is 0.306 e. The van der Waals surface area contributed by atoms with E-state index in [1.807, 2.05) is 84.9 Å². The lowest BCUT2D eigenvalue weighted by Crippen LogP contribution is -2.05. The number of hydrogen-bond donors (Lipinski definition) is 0. The van der Waals surface area contributed by atoms with E-state index < -0.39 is 0 Å². The zero-order chi connectivity index (χ0) is 18.0. The van der Waals surface area contributed by atoms with E-state index in [1.165, 1.54) is 0 Å². The average Bonchev–Trinajstić information content (AvgIpc) is 2.71. The van der Waals surface area contributed by atoms with E-state index in [-0.39, 0.29) is 5.97 Å². The number of hydrogen-bond acceptors (Lipinski definition) is 3. The smallest absolute Gasteiger partial charge is 0.306 e. The van der Waals surface area contributed by atoms with Crippen molar-refractivity contribution in [3.05, 3.63) is 102 Å². The van der Waals surface area contributed by atoms with Gasteiger partial charge in [-0.05, 0) is 35.2 Å². The van der Waals surface area contributed by atoms with Crippen molar-refractivity contribution in [1.29, 1.82) is 0 Å². The summed E-state index contributed by atoms with van der Waals surface area (Å²) in [7, 11) is 0. The molecule has 26 heavy (non-hydrogen) atoms. The fraction of sp³-hybridized carbons (Fsp3) is 0.174. The van der Waals surface area contributed by atoms with E-state index in [0.717, 1.165) is 22.4 Å². The van der Waals surface area contributed by atoms with Crippen molar-refractivity contribution in [2.45, 2.75) is 26.1 Å². The second-order valence-corrected chi connectivity index (χ2v) is 6.06. The molecule has 0 aliphatic carbocycles. The minimum atomic E-state index is -0.182. The number of rotatable bonds is 8. The van der Waals surface area contributed by atoms with Gasteiger partial charge in [-0.15, -0.1) is 0 Å². The summed E-state index contributed by atoms with van der Waals surface area (Å²) in [5.74, 6) is 0.641. The Morgan fingerprint density at radius 2 is 1.23 bits per heavy atom. The first-order valence-electron chi connectivity index (χ1n) is 8.75. The van der Waals surface area contributed by atoms with Gasteiger partial charge in [0.05, 0.1) is 0 Å². The molecule has 0 spiro atoms. The molecular weight excluding hydrogens is 324 g/mol. The summed E-state index contributed by atoms with van der Waals surface area (Å²) in [4.78, 5) is 11.9. The maximum atomic E-state index is 11.9. The summed E-state index contributed by atoms with van der Waals surface area (Å²) in [6.45, 7) is 0.873. The van der Waals surface area contributed by atoms with E-state index in [9.17, 15) is 4.79 Å². The second kappa shape index (κ2) is 9.42. The first kappa shape index (κ1) is 17.7. The highest BCUT2D eigenvalue weighted by Gasteiger charge is 2.05. The highest BCUT2D eigenvalue weighted by atomic mass is 16.5. The van der Waals surface area contributed by atoms with Gasteiger partial charge in [-0.1, -0.05) is 72.8 Å². The van der Waals surface area contributed by atoms with Gasteiger partial charge in [0.2, 0.25) is 0 Å². The first-order chi connectivity index (χ1) is 12.8. The number of carbonyl (C=O) groups excluding carboxylic acids is 1. The summed E-state index contributed by atoms with van der Waals surface area (Å²) in [6.07, 6.45) is 1.03. The fourth-order valence-electron chi connectivity index (χ4n) is 2.55. The number of aryl methyl sites for hydroxylation is 1. The Balaban J connectivity index is 1.40. The van der Waals surface area contributed by atoms with Crippen LogP contribution in [0, 0.1) is 0 Å². The SMILES string of the molecule is O=C(CCc1ccc(OCc2ccccc2)cc1)OCc1ccccc1. The molecule has 3 aromatic carbocycles. The molecule has 0 unspecified atom stereocenters. The third-order valence-corrected chi connectivity index (χ3v) is 4.03. The van der Waals surface area contributed by atoms with Crippen molar-refractivity contribution in [1.82, 2.24) is 0 Å². The molecule has 0 saturated heterocycles. The molecule has 0 aliphatic heterocycles. The van der Waals surface area contributed by atoms with Gasteiger partial charge >= 0.3 is 5.97 Å². The second-order valence-electron chi connectivity index (χ2n) is 6.06. The molecule has 0 amide bonds. The number of carbonyl (C=O) groups is 1. The monoisotopic (exact) mass is 346 g/mol. The van der Waals surface area contributed by atoms with Crippen LogP contribution in [0.5, 0.6) is 5.75 Å². The van der Waals surface area contributed by atoms with Gasteiger partial charge in [0.25, 0.3) is 0 Å². The van der Waals surface area contributed by atoms with Crippen LogP contribution in [0.25, 0.3) is 0 Å².